The van der Waals surface area contributed by atoms with E-state index in [9.17, 15) is 13.2 Å². The Bertz CT molecular complexity index is 720. The number of sulfonamides is 1. The number of hydrogen-bond acceptors (Lipinski definition) is 3. The second-order valence-electron chi connectivity index (χ2n) is 7.05. The summed E-state index contributed by atoms with van der Waals surface area (Å²) in [5.74, 6) is 0.0378. The predicted molar refractivity (Wildman–Crippen MR) is 93.3 cm³/mol. The molecule has 1 aromatic carbocycles. The Hall–Kier alpha value is -1.40. The Kier molecular flexibility index (Phi) is 4.97. The van der Waals surface area contributed by atoms with E-state index in [1.165, 1.54) is 21.9 Å². The number of carbonyl (C=O) groups is 1. The highest BCUT2D eigenvalue weighted by atomic mass is 32.2. The SMILES string of the molecule is CN(C)C(=O)C1CCN(S(=O)(=O)c2ccc3c(c2)CCCC3)CC1. The third kappa shape index (κ3) is 3.35. The Balaban J connectivity index is 1.74. The van der Waals surface area contributed by atoms with E-state index in [1.807, 2.05) is 12.1 Å². The van der Waals surface area contributed by atoms with Gasteiger partial charge in [0.05, 0.1) is 4.90 Å². The number of rotatable bonds is 3. The molecule has 0 N–H and O–H groups in total. The summed E-state index contributed by atoms with van der Waals surface area (Å²) < 4.78 is 27.4. The number of amides is 1. The second-order valence-corrected chi connectivity index (χ2v) is 8.99. The second kappa shape index (κ2) is 6.84. The molecule has 1 aliphatic heterocycles. The lowest BCUT2D eigenvalue weighted by Crippen LogP contribution is -2.42. The highest BCUT2D eigenvalue weighted by Gasteiger charge is 2.32. The van der Waals surface area contributed by atoms with Crippen molar-refractivity contribution in [3.05, 3.63) is 29.3 Å². The Morgan fingerprint density at radius 2 is 1.71 bits per heavy atom. The molecule has 2 aliphatic rings. The molecule has 132 valence electrons. The molecule has 1 fully saturated rings. The van der Waals surface area contributed by atoms with Gasteiger partial charge in [0.25, 0.3) is 0 Å². The first kappa shape index (κ1) is 17.4. The quantitative estimate of drug-likeness (QED) is 0.838. The van der Waals surface area contributed by atoms with E-state index in [4.69, 9.17) is 0 Å². The minimum atomic E-state index is -3.46. The maximum Gasteiger partial charge on any atom is 0.243 e. The van der Waals surface area contributed by atoms with Crippen LogP contribution in [-0.4, -0.2) is 50.7 Å². The van der Waals surface area contributed by atoms with Gasteiger partial charge < -0.3 is 4.90 Å². The van der Waals surface area contributed by atoms with E-state index < -0.39 is 10.0 Å². The van der Waals surface area contributed by atoms with Gasteiger partial charge in [0.2, 0.25) is 15.9 Å². The van der Waals surface area contributed by atoms with Crippen LogP contribution in [0.3, 0.4) is 0 Å². The molecule has 5 nitrogen and oxygen atoms in total. The van der Waals surface area contributed by atoms with Crippen molar-refractivity contribution in [2.45, 2.75) is 43.4 Å². The summed E-state index contributed by atoms with van der Waals surface area (Å²) in [7, 11) is 0.0407. The molecule has 0 atom stereocenters. The fourth-order valence-electron chi connectivity index (χ4n) is 3.73. The smallest absolute Gasteiger partial charge is 0.243 e. The van der Waals surface area contributed by atoms with Gasteiger partial charge >= 0.3 is 0 Å². The average Bonchev–Trinajstić information content (AvgIpc) is 2.60. The lowest BCUT2D eigenvalue weighted by Gasteiger charge is -2.32. The summed E-state index contributed by atoms with van der Waals surface area (Å²) in [6, 6.07) is 5.58. The van der Waals surface area contributed by atoms with Crippen molar-refractivity contribution < 1.29 is 13.2 Å². The number of nitrogens with zero attached hydrogens (tertiary/aromatic N) is 2. The topological polar surface area (TPSA) is 57.7 Å². The van der Waals surface area contributed by atoms with E-state index in [2.05, 4.69) is 0 Å². The van der Waals surface area contributed by atoms with Gasteiger partial charge in [-0.1, -0.05) is 6.07 Å². The highest BCUT2D eigenvalue weighted by Crippen LogP contribution is 2.28. The first-order valence-corrected chi connectivity index (χ1v) is 10.2. The molecule has 0 bridgehead atoms. The first-order chi connectivity index (χ1) is 11.4. The summed E-state index contributed by atoms with van der Waals surface area (Å²) >= 11 is 0. The van der Waals surface area contributed by atoms with Crippen LogP contribution in [0.25, 0.3) is 0 Å². The summed E-state index contributed by atoms with van der Waals surface area (Å²) in [4.78, 5) is 14.0. The molecule has 3 rings (SSSR count). The number of carbonyl (C=O) groups excluding carboxylic acids is 1. The van der Waals surface area contributed by atoms with Crippen molar-refractivity contribution in [2.24, 2.45) is 5.92 Å². The Morgan fingerprint density at radius 3 is 2.33 bits per heavy atom. The largest absolute Gasteiger partial charge is 0.349 e. The van der Waals surface area contributed by atoms with Gasteiger partial charge in [-0.3, -0.25) is 4.79 Å². The zero-order valence-electron chi connectivity index (χ0n) is 14.5. The third-order valence-electron chi connectivity index (χ3n) is 5.20. The van der Waals surface area contributed by atoms with Crippen molar-refractivity contribution in [1.82, 2.24) is 9.21 Å². The monoisotopic (exact) mass is 350 g/mol. The van der Waals surface area contributed by atoms with Crippen LogP contribution in [0.15, 0.2) is 23.1 Å². The van der Waals surface area contributed by atoms with Crippen LogP contribution < -0.4 is 0 Å². The van der Waals surface area contributed by atoms with Crippen molar-refractivity contribution in [3.63, 3.8) is 0 Å². The summed E-state index contributed by atoms with van der Waals surface area (Å²) in [5.41, 5.74) is 2.47. The minimum absolute atomic E-state index is 0.0602. The van der Waals surface area contributed by atoms with Crippen LogP contribution in [0.2, 0.25) is 0 Å². The predicted octanol–water partition coefficient (Wildman–Crippen LogP) is 2.05. The number of aryl methyl sites for hydroxylation is 2. The Morgan fingerprint density at radius 1 is 1.08 bits per heavy atom. The van der Waals surface area contributed by atoms with Gasteiger partial charge in [-0.05, 0) is 61.8 Å². The van der Waals surface area contributed by atoms with Crippen molar-refractivity contribution in [3.8, 4) is 0 Å². The van der Waals surface area contributed by atoms with Crippen LogP contribution in [0.4, 0.5) is 0 Å². The van der Waals surface area contributed by atoms with Crippen LogP contribution in [0.5, 0.6) is 0 Å². The van der Waals surface area contributed by atoms with E-state index in [-0.39, 0.29) is 11.8 Å². The molecule has 24 heavy (non-hydrogen) atoms. The summed E-state index contributed by atoms with van der Waals surface area (Å²) in [6.07, 6.45) is 5.54. The van der Waals surface area contributed by atoms with Crippen LogP contribution >= 0.6 is 0 Å². The van der Waals surface area contributed by atoms with Crippen molar-refractivity contribution in [1.29, 1.82) is 0 Å². The minimum Gasteiger partial charge on any atom is -0.349 e. The summed E-state index contributed by atoms with van der Waals surface area (Å²) in [6.45, 7) is 0.841. The summed E-state index contributed by atoms with van der Waals surface area (Å²) in [5, 5.41) is 0. The lowest BCUT2D eigenvalue weighted by molar-refractivity contribution is -0.134. The van der Waals surface area contributed by atoms with Crippen LogP contribution in [-0.2, 0) is 27.7 Å². The fourth-order valence-corrected chi connectivity index (χ4v) is 5.25. The van der Waals surface area contributed by atoms with Gasteiger partial charge in [-0.2, -0.15) is 4.31 Å². The molecule has 1 saturated heterocycles. The van der Waals surface area contributed by atoms with Gasteiger partial charge in [0.15, 0.2) is 0 Å². The number of hydrogen-bond donors (Lipinski definition) is 0. The molecular weight excluding hydrogens is 324 g/mol. The molecule has 6 heteroatoms. The number of piperidine rings is 1. The van der Waals surface area contributed by atoms with Gasteiger partial charge in [-0.15, -0.1) is 0 Å². The molecule has 0 spiro atoms. The lowest BCUT2D eigenvalue weighted by atomic mass is 9.92. The average molecular weight is 350 g/mol. The number of fused-ring (bicyclic) bond motifs is 1. The number of benzene rings is 1. The molecule has 0 radical (unpaired) electrons. The maximum absolute atomic E-state index is 12.9. The van der Waals surface area contributed by atoms with E-state index in [0.29, 0.717) is 30.8 Å². The van der Waals surface area contributed by atoms with Crippen molar-refractivity contribution >= 4 is 15.9 Å². The maximum atomic E-state index is 12.9. The molecule has 1 aliphatic carbocycles. The van der Waals surface area contributed by atoms with E-state index in [1.54, 1.807) is 25.1 Å². The zero-order chi connectivity index (χ0) is 17.3. The molecule has 1 amide bonds. The van der Waals surface area contributed by atoms with Gasteiger partial charge in [-0.25, -0.2) is 8.42 Å². The Labute approximate surface area is 144 Å². The molecule has 0 unspecified atom stereocenters. The highest BCUT2D eigenvalue weighted by molar-refractivity contribution is 7.89. The van der Waals surface area contributed by atoms with Crippen LogP contribution in [0, 0.1) is 5.92 Å². The molecular formula is C18H26N2O3S. The van der Waals surface area contributed by atoms with Gasteiger partial charge in [0.1, 0.15) is 0 Å². The normalized spacial score (nSPS) is 19.8. The fraction of sp³-hybridized carbons (Fsp3) is 0.611. The molecule has 0 saturated carbocycles. The molecule has 0 aromatic heterocycles. The molecule has 1 aromatic rings. The van der Waals surface area contributed by atoms with Crippen LogP contribution in [0.1, 0.15) is 36.8 Å². The first-order valence-electron chi connectivity index (χ1n) is 8.72. The third-order valence-corrected chi connectivity index (χ3v) is 7.10. The van der Waals surface area contributed by atoms with Gasteiger partial charge in [0, 0.05) is 33.1 Å². The van der Waals surface area contributed by atoms with Crippen molar-refractivity contribution in [2.75, 3.05) is 27.2 Å². The zero-order valence-corrected chi connectivity index (χ0v) is 15.3. The van der Waals surface area contributed by atoms with E-state index in [0.717, 1.165) is 19.3 Å². The van der Waals surface area contributed by atoms with E-state index >= 15 is 0 Å². The standard InChI is InChI=1S/C18H26N2O3S/c1-19(2)18(21)15-9-11-20(12-10-15)24(22,23)17-8-7-14-5-3-4-6-16(14)13-17/h7-8,13,15H,3-6,9-12H2,1-2H3. The molecule has 1 heterocycles.